The van der Waals surface area contributed by atoms with Crippen LogP contribution in [-0.4, -0.2) is 103 Å². The van der Waals surface area contributed by atoms with Crippen molar-refractivity contribution >= 4 is 52.6 Å². The molecule has 0 saturated carbocycles. The molecule has 0 aromatic heterocycles. The van der Waals surface area contributed by atoms with Crippen LogP contribution in [0.3, 0.4) is 0 Å². The van der Waals surface area contributed by atoms with Crippen molar-refractivity contribution in [3.8, 4) is 0 Å². The predicted octanol–water partition coefficient (Wildman–Crippen LogP) is 2.14. The van der Waals surface area contributed by atoms with Gasteiger partial charge in [-0.3, -0.25) is 33.6 Å². The van der Waals surface area contributed by atoms with Crippen LogP contribution in [0.15, 0.2) is 0 Å². The Morgan fingerprint density at radius 3 is 1.69 bits per heavy atom. The van der Waals surface area contributed by atoms with Crippen LogP contribution in [0, 0.1) is 11.8 Å². The third-order valence-electron chi connectivity index (χ3n) is 7.59. The maximum Gasteiger partial charge on any atom is 0.309 e. The molecule has 0 fully saturated rings. The molecule has 0 heterocycles. The minimum atomic E-state index is -1.01. The molecule has 0 aliphatic heterocycles. The summed E-state index contributed by atoms with van der Waals surface area (Å²) in [7, 11) is 0. The van der Waals surface area contributed by atoms with Gasteiger partial charge in [0.1, 0.15) is 23.8 Å². The van der Waals surface area contributed by atoms with Crippen LogP contribution in [0.1, 0.15) is 113 Å². The number of amides is 3. The van der Waals surface area contributed by atoms with Crippen molar-refractivity contribution in [3.63, 3.8) is 0 Å². The van der Waals surface area contributed by atoms with E-state index in [9.17, 15) is 43.2 Å². The molecular weight excluding hydrogens is 666 g/mol. The minimum absolute atomic E-state index is 0.0521. The number of ketones is 5. The van der Waals surface area contributed by atoms with Gasteiger partial charge in [0.25, 0.3) is 0 Å². The molecule has 51 heavy (non-hydrogen) atoms. The Balaban J connectivity index is 4.88. The molecule has 0 aliphatic carbocycles. The number of nitrogens with one attached hydrogen (secondary N) is 3. The Labute approximate surface area is 301 Å². The quantitative estimate of drug-likeness (QED) is 0.0781. The normalized spacial score (nSPS) is 13.6. The van der Waals surface area contributed by atoms with E-state index in [0.29, 0.717) is 6.42 Å². The summed E-state index contributed by atoms with van der Waals surface area (Å²) in [5.74, 6) is -4.59. The van der Waals surface area contributed by atoms with E-state index in [-0.39, 0.29) is 119 Å². The molecule has 0 aromatic rings. The highest BCUT2D eigenvalue weighted by atomic mass is 16.6. The van der Waals surface area contributed by atoms with Gasteiger partial charge in [-0.1, -0.05) is 6.92 Å². The number of ether oxygens (including phenoxy) is 3. The molecular formula is C36H59N3O12. The van der Waals surface area contributed by atoms with Gasteiger partial charge in [-0.25, -0.2) is 0 Å². The Hall–Kier alpha value is -3.85. The van der Waals surface area contributed by atoms with Crippen LogP contribution in [-0.2, 0) is 57.4 Å². The van der Waals surface area contributed by atoms with E-state index in [0.717, 1.165) is 0 Å². The van der Waals surface area contributed by atoms with E-state index in [4.69, 9.17) is 14.2 Å². The first-order valence-electron chi connectivity index (χ1n) is 17.5. The predicted molar refractivity (Wildman–Crippen MR) is 186 cm³/mol. The Morgan fingerprint density at radius 2 is 1.16 bits per heavy atom. The van der Waals surface area contributed by atoms with E-state index in [2.05, 4.69) is 16.0 Å². The fraction of sp³-hybridized carbons (Fsp3) is 0.750. The zero-order valence-corrected chi connectivity index (χ0v) is 31.6. The smallest absolute Gasteiger partial charge is 0.309 e. The van der Waals surface area contributed by atoms with Gasteiger partial charge in [0.2, 0.25) is 17.7 Å². The average molecular weight is 726 g/mol. The Morgan fingerprint density at radius 1 is 0.627 bits per heavy atom. The van der Waals surface area contributed by atoms with Crippen molar-refractivity contribution < 1.29 is 57.4 Å². The summed E-state index contributed by atoms with van der Waals surface area (Å²) >= 11 is 0. The fourth-order valence-electron chi connectivity index (χ4n) is 4.60. The minimum Gasteiger partial charge on any atom is -0.460 e. The lowest BCUT2D eigenvalue weighted by Crippen LogP contribution is -2.44. The molecule has 15 nitrogen and oxygen atoms in total. The number of hydrogen-bond donors (Lipinski definition) is 3. The van der Waals surface area contributed by atoms with Crippen LogP contribution in [0.2, 0.25) is 0 Å². The van der Waals surface area contributed by atoms with Crippen molar-refractivity contribution in [1.29, 1.82) is 0 Å². The summed E-state index contributed by atoms with van der Waals surface area (Å²) in [5, 5.41) is 7.87. The van der Waals surface area contributed by atoms with Crippen molar-refractivity contribution in [2.45, 2.75) is 131 Å². The van der Waals surface area contributed by atoms with Crippen LogP contribution < -0.4 is 16.0 Å². The van der Waals surface area contributed by atoms with E-state index in [1.54, 1.807) is 27.7 Å². The van der Waals surface area contributed by atoms with Gasteiger partial charge < -0.3 is 39.8 Å². The van der Waals surface area contributed by atoms with Crippen molar-refractivity contribution in [3.05, 3.63) is 0 Å². The monoisotopic (exact) mass is 725 g/mol. The third kappa shape index (κ3) is 24.9. The topological polar surface area (TPSA) is 217 Å². The maximum absolute atomic E-state index is 13.2. The number of carbonyl (C=O) groups excluding carboxylic acids is 9. The van der Waals surface area contributed by atoms with E-state index in [1.165, 1.54) is 27.7 Å². The highest BCUT2D eigenvalue weighted by molar-refractivity contribution is 5.92. The van der Waals surface area contributed by atoms with Crippen molar-refractivity contribution in [2.24, 2.45) is 11.8 Å². The Bertz CT molecular complexity index is 1210. The van der Waals surface area contributed by atoms with Gasteiger partial charge in [0.05, 0.1) is 37.8 Å². The zero-order valence-electron chi connectivity index (χ0n) is 31.6. The standard InChI is InChI=1S/C36H59N3O12/c1-23(35(48)51-36(6,7)8)9-15-32(45)37-17-18-49-19-20-50-22-29(44)21-28(34(47)39-31(27(5)43)14-11-25(3)41)12-16-33(46)38-30(26(4)42)13-10-24(2)40/h23,28,30-31H,9-22H2,1-8H3,(H,37,45)(H,38,46)(H,39,47). The van der Waals surface area contributed by atoms with E-state index in [1.807, 2.05) is 0 Å². The lowest BCUT2D eigenvalue weighted by atomic mass is 9.94. The zero-order chi connectivity index (χ0) is 39.1. The lowest BCUT2D eigenvalue weighted by Gasteiger charge is -2.22. The van der Waals surface area contributed by atoms with Gasteiger partial charge in [-0.05, 0) is 74.1 Å². The first-order valence-corrected chi connectivity index (χ1v) is 17.5. The molecule has 4 unspecified atom stereocenters. The van der Waals surface area contributed by atoms with Crippen molar-refractivity contribution in [1.82, 2.24) is 16.0 Å². The highest BCUT2D eigenvalue weighted by Crippen LogP contribution is 2.16. The maximum atomic E-state index is 13.2. The van der Waals surface area contributed by atoms with Crippen LogP contribution >= 0.6 is 0 Å². The van der Waals surface area contributed by atoms with Crippen LogP contribution in [0.25, 0.3) is 0 Å². The number of Topliss-reactive ketones (excluding diaryl/α,β-unsaturated/α-hetero) is 5. The summed E-state index contributed by atoms with van der Waals surface area (Å²) in [6.07, 6.45) is 0.333. The lowest BCUT2D eigenvalue weighted by molar-refractivity contribution is -0.159. The number of esters is 1. The number of carbonyl (C=O) groups is 9. The second kappa shape index (κ2) is 25.2. The average Bonchev–Trinajstić information content (AvgIpc) is 3.01. The van der Waals surface area contributed by atoms with Gasteiger partial charge >= 0.3 is 5.97 Å². The van der Waals surface area contributed by atoms with Gasteiger partial charge in [-0.15, -0.1) is 0 Å². The molecule has 0 aromatic carbocycles. The summed E-state index contributed by atoms with van der Waals surface area (Å²) in [6.45, 7) is 12.6. The van der Waals surface area contributed by atoms with Crippen LogP contribution in [0.4, 0.5) is 0 Å². The number of hydrogen-bond acceptors (Lipinski definition) is 12. The second-order valence-electron chi connectivity index (χ2n) is 13.9. The Kier molecular flexibility index (Phi) is 23.3. The first kappa shape index (κ1) is 47.1. The largest absolute Gasteiger partial charge is 0.460 e. The molecule has 0 spiro atoms. The van der Waals surface area contributed by atoms with Crippen molar-refractivity contribution in [2.75, 3.05) is 33.0 Å². The first-order chi connectivity index (χ1) is 23.7. The molecule has 15 heteroatoms. The summed E-state index contributed by atoms with van der Waals surface area (Å²) in [5.41, 5.74) is -0.596. The molecule has 0 radical (unpaired) electrons. The summed E-state index contributed by atoms with van der Waals surface area (Å²) in [4.78, 5) is 110. The molecule has 3 N–H and O–H groups in total. The molecule has 0 rings (SSSR count). The summed E-state index contributed by atoms with van der Waals surface area (Å²) < 4.78 is 16.1. The van der Waals surface area contributed by atoms with E-state index < -0.39 is 47.1 Å². The van der Waals surface area contributed by atoms with Crippen LogP contribution in [0.5, 0.6) is 0 Å². The third-order valence-corrected chi connectivity index (χ3v) is 7.59. The van der Waals surface area contributed by atoms with E-state index >= 15 is 0 Å². The van der Waals surface area contributed by atoms with Gasteiger partial charge in [0.15, 0.2) is 17.3 Å². The number of rotatable bonds is 28. The SMILES string of the molecule is CC(=O)CCC(NC(=O)CCC(CC(=O)COCCOCCNC(=O)CCC(C)C(=O)OC(C)(C)C)C(=O)NC(CCC(C)=O)C(C)=O)C(C)=O. The molecule has 0 bridgehead atoms. The molecule has 290 valence electrons. The summed E-state index contributed by atoms with van der Waals surface area (Å²) in [6, 6.07) is -1.81. The fourth-order valence-corrected chi connectivity index (χ4v) is 4.60. The highest BCUT2D eigenvalue weighted by Gasteiger charge is 2.28. The molecule has 0 aliphatic rings. The van der Waals surface area contributed by atoms with Gasteiger partial charge in [-0.2, -0.15) is 0 Å². The van der Waals surface area contributed by atoms with Gasteiger partial charge in [0, 0.05) is 44.6 Å². The molecule has 4 atom stereocenters. The molecule has 0 saturated heterocycles. The second-order valence-corrected chi connectivity index (χ2v) is 13.9. The molecule has 3 amide bonds.